The number of rotatable bonds is 9. The van der Waals surface area contributed by atoms with Crippen molar-refractivity contribution in [3.05, 3.63) is 58.4 Å². The van der Waals surface area contributed by atoms with Crippen molar-refractivity contribution < 1.29 is 18.7 Å². The predicted molar refractivity (Wildman–Crippen MR) is 125 cm³/mol. The van der Waals surface area contributed by atoms with E-state index in [-0.39, 0.29) is 23.7 Å². The molecule has 0 radical (unpaired) electrons. The number of piperidine rings is 1. The van der Waals surface area contributed by atoms with Gasteiger partial charge in [-0.1, -0.05) is 23.7 Å². The Labute approximate surface area is 194 Å². The highest BCUT2D eigenvalue weighted by Gasteiger charge is 2.26. The van der Waals surface area contributed by atoms with Crippen LogP contribution in [0, 0.1) is 11.7 Å². The van der Waals surface area contributed by atoms with Gasteiger partial charge in [-0.05, 0) is 76.5 Å². The maximum atomic E-state index is 14.1. The van der Waals surface area contributed by atoms with Crippen molar-refractivity contribution in [3.8, 4) is 11.5 Å². The molecule has 2 aromatic carbocycles. The molecule has 0 saturated carbocycles. The molecule has 1 saturated heterocycles. The van der Waals surface area contributed by atoms with E-state index >= 15 is 0 Å². The van der Waals surface area contributed by atoms with Gasteiger partial charge < -0.3 is 14.8 Å². The molecule has 1 aliphatic heterocycles. The zero-order valence-electron chi connectivity index (χ0n) is 19.0. The van der Waals surface area contributed by atoms with Crippen molar-refractivity contribution in [2.45, 2.75) is 46.2 Å². The summed E-state index contributed by atoms with van der Waals surface area (Å²) < 4.78 is 25.4. The van der Waals surface area contributed by atoms with Crippen molar-refractivity contribution in [3.63, 3.8) is 0 Å². The Morgan fingerprint density at radius 3 is 2.47 bits per heavy atom. The topological polar surface area (TPSA) is 50.8 Å². The van der Waals surface area contributed by atoms with Gasteiger partial charge >= 0.3 is 0 Å². The quantitative estimate of drug-likeness (QED) is 0.544. The number of amides is 1. The molecule has 5 nitrogen and oxygen atoms in total. The second-order valence-corrected chi connectivity index (χ2v) is 8.53. The summed E-state index contributed by atoms with van der Waals surface area (Å²) in [6, 6.07) is 10.4. The number of ether oxygens (including phenoxy) is 2. The molecule has 32 heavy (non-hydrogen) atoms. The van der Waals surface area contributed by atoms with Crippen LogP contribution >= 0.6 is 11.6 Å². The Morgan fingerprint density at radius 1 is 1.12 bits per heavy atom. The summed E-state index contributed by atoms with van der Waals surface area (Å²) >= 11 is 5.83. The molecule has 3 rings (SSSR count). The maximum absolute atomic E-state index is 14.1. The number of nitrogens with zero attached hydrogens (tertiary/aromatic N) is 1. The first kappa shape index (κ1) is 24.3. The summed E-state index contributed by atoms with van der Waals surface area (Å²) in [6.07, 6.45) is 1.50. The van der Waals surface area contributed by atoms with Crippen molar-refractivity contribution in [2.75, 3.05) is 26.3 Å². The first-order chi connectivity index (χ1) is 15.4. The fourth-order valence-electron chi connectivity index (χ4n) is 4.00. The summed E-state index contributed by atoms with van der Waals surface area (Å²) in [4.78, 5) is 15.0. The molecule has 1 fully saturated rings. The molecular weight excluding hydrogens is 431 g/mol. The van der Waals surface area contributed by atoms with Crippen LogP contribution < -0.4 is 14.8 Å². The first-order valence-corrected chi connectivity index (χ1v) is 11.6. The lowest BCUT2D eigenvalue weighted by molar-refractivity contribution is -0.127. The molecule has 2 aromatic rings. The highest BCUT2D eigenvalue weighted by atomic mass is 35.5. The van der Waals surface area contributed by atoms with Crippen LogP contribution in [-0.2, 0) is 11.3 Å². The van der Waals surface area contributed by atoms with Crippen molar-refractivity contribution in [1.29, 1.82) is 0 Å². The van der Waals surface area contributed by atoms with Gasteiger partial charge in [-0.15, -0.1) is 0 Å². The lowest BCUT2D eigenvalue weighted by atomic mass is 9.94. The van der Waals surface area contributed by atoms with Crippen molar-refractivity contribution in [1.82, 2.24) is 10.2 Å². The third-order valence-corrected chi connectivity index (χ3v) is 6.03. The number of hydrogen-bond donors (Lipinski definition) is 1. The SMILES string of the molecule is CCOc1ccc(C(C)NC(=O)C2CCN(Cc3ccc(Cl)cc3F)CC2)cc1OCC. The molecular formula is C25H32ClFN2O3. The van der Waals surface area contributed by atoms with Crippen LogP contribution in [0.5, 0.6) is 11.5 Å². The monoisotopic (exact) mass is 462 g/mol. The van der Waals surface area contributed by atoms with E-state index < -0.39 is 0 Å². The Morgan fingerprint density at radius 2 is 1.81 bits per heavy atom. The molecule has 0 aromatic heterocycles. The molecule has 1 N–H and O–H groups in total. The van der Waals surface area contributed by atoms with Crippen LogP contribution in [0.25, 0.3) is 0 Å². The highest BCUT2D eigenvalue weighted by molar-refractivity contribution is 6.30. The fourth-order valence-corrected chi connectivity index (χ4v) is 4.15. The van der Waals surface area contributed by atoms with E-state index in [9.17, 15) is 9.18 Å². The summed E-state index contributed by atoms with van der Waals surface area (Å²) in [5.74, 6) is 1.13. The van der Waals surface area contributed by atoms with Crippen LogP contribution in [0.15, 0.2) is 36.4 Å². The van der Waals surface area contributed by atoms with Crippen LogP contribution in [0.4, 0.5) is 4.39 Å². The van der Waals surface area contributed by atoms with Gasteiger partial charge in [0, 0.05) is 23.0 Å². The molecule has 0 bridgehead atoms. The van der Waals surface area contributed by atoms with Gasteiger partial charge in [0.1, 0.15) is 5.82 Å². The Balaban J connectivity index is 1.53. The minimum atomic E-state index is -0.284. The summed E-state index contributed by atoms with van der Waals surface area (Å²) in [5.41, 5.74) is 1.60. The smallest absolute Gasteiger partial charge is 0.223 e. The maximum Gasteiger partial charge on any atom is 0.223 e. The Bertz CT molecular complexity index is 916. The minimum absolute atomic E-state index is 0.0437. The average molecular weight is 463 g/mol. The molecule has 174 valence electrons. The number of carbonyl (C=O) groups is 1. The van der Waals surface area contributed by atoms with E-state index in [2.05, 4.69) is 10.2 Å². The summed E-state index contributed by atoms with van der Waals surface area (Å²) in [6.45, 7) is 8.99. The molecule has 1 aliphatic rings. The minimum Gasteiger partial charge on any atom is -0.490 e. The highest BCUT2D eigenvalue weighted by Crippen LogP contribution is 2.31. The zero-order valence-corrected chi connectivity index (χ0v) is 19.8. The standard InChI is InChI=1S/C25H32ClFN2O3/c1-4-31-23-9-7-19(14-24(23)32-5-2)17(3)28-25(30)18-10-12-29(13-11-18)16-20-6-8-21(26)15-22(20)27/h6-9,14-15,17-18H,4-5,10-13,16H2,1-3H3,(H,28,30). The molecule has 1 amide bonds. The average Bonchev–Trinajstić information content (AvgIpc) is 2.77. The van der Waals surface area contributed by atoms with E-state index in [0.717, 1.165) is 31.5 Å². The molecule has 1 atom stereocenters. The van der Waals surface area contributed by atoms with E-state index in [1.54, 1.807) is 12.1 Å². The number of benzene rings is 2. The predicted octanol–water partition coefficient (Wildman–Crippen LogP) is 5.37. The molecule has 1 unspecified atom stereocenters. The first-order valence-electron chi connectivity index (χ1n) is 11.3. The van der Waals surface area contributed by atoms with Crippen LogP contribution in [0.2, 0.25) is 5.02 Å². The van der Waals surface area contributed by atoms with Gasteiger partial charge in [-0.3, -0.25) is 9.69 Å². The number of likely N-dealkylation sites (tertiary alicyclic amines) is 1. The van der Waals surface area contributed by atoms with E-state index in [1.807, 2.05) is 39.0 Å². The third kappa shape index (κ3) is 6.36. The normalized spacial score (nSPS) is 15.9. The van der Waals surface area contributed by atoms with Gasteiger partial charge in [0.05, 0.1) is 19.3 Å². The van der Waals surface area contributed by atoms with Crippen LogP contribution in [0.1, 0.15) is 50.8 Å². The second kappa shape index (κ2) is 11.5. The van der Waals surface area contributed by atoms with E-state index in [1.165, 1.54) is 6.07 Å². The summed E-state index contributed by atoms with van der Waals surface area (Å²) in [7, 11) is 0. The Hall–Kier alpha value is -2.31. The number of nitrogens with one attached hydrogen (secondary N) is 1. The molecule has 0 spiro atoms. The lowest BCUT2D eigenvalue weighted by Crippen LogP contribution is -2.41. The number of halogens is 2. The van der Waals surface area contributed by atoms with Gasteiger partial charge in [0.15, 0.2) is 11.5 Å². The molecule has 7 heteroatoms. The lowest BCUT2D eigenvalue weighted by Gasteiger charge is -2.32. The number of hydrogen-bond acceptors (Lipinski definition) is 4. The van der Waals surface area contributed by atoms with E-state index in [0.29, 0.717) is 41.8 Å². The van der Waals surface area contributed by atoms with Gasteiger partial charge in [0.2, 0.25) is 5.91 Å². The Kier molecular flexibility index (Phi) is 8.76. The van der Waals surface area contributed by atoms with Gasteiger partial charge in [-0.25, -0.2) is 4.39 Å². The van der Waals surface area contributed by atoms with Crippen LogP contribution in [-0.4, -0.2) is 37.1 Å². The number of carbonyl (C=O) groups excluding carboxylic acids is 1. The summed E-state index contributed by atoms with van der Waals surface area (Å²) in [5, 5.41) is 3.54. The zero-order chi connectivity index (χ0) is 23.1. The van der Waals surface area contributed by atoms with E-state index in [4.69, 9.17) is 21.1 Å². The molecule has 0 aliphatic carbocycles. The third-order valence-electron chi connectivity index (χ3n) is 5.79. The van der Waals surface area contributed by atoms with Gasteiger partial charge in [0.25, 0.3) is 0 Å². The largest absolute Gasteiger partial charge is 0.490 e. The van der Waals surface area contributed by atoms with Crippen LogP contribution in [0.3, 0.4) is 0 Å². The van der Waals surface area contributed by atoms with Gasteiger partial charge in [-0.2, -0.15) is 0 Å². The fraction of sp³-hybridized carbons (Fsp3) is 0.480. The van der Waals surface area contributed by atoms with Crippen molar-refractivity contribution in [2.24, 2.45) is 5.92 Å². The second-order valence-electron chi connectivity index (χ2n) is 8.09. The van der Waals surface area contributed by atoms with Crippen molar-refractivity contribution >= 4 is 17.5 Å². The molecule has 1 heterocycles.